The van der Waals surface area contributed by atoms with Gasteiger partial charge in [-0.15, -0.1) is 0 Å². The van der Waals surface area contributed by atoms with E-state index in [1.54, 1.807) is 13.2 Å². The highest BCUT2D eigenvalue weighted by molar-refractivity contribution is 5.96. The molecule has 1 spiro atoms. The lowest BCUT2D eigenvalue weighted by atomic mass is 9.51. The third-order valence-corrected chi connectivity index (χ3v) is 12.6. The average molecular weight is 650 g/mol. The number of benzene rings is 3. The standard InChI is InChI=1S/C41H48N2O5/c1-47-36-25-35(45)31-24-33-32-15-9-17-37-41(32,38(31)39(36)48-37)22-23-43(33,26-28-18-19-28)42-40(46)30(21-20-27-10-4-2-5-11-27)14-8-16-34(44)29-12-6-3-7-13-29/h2-7,10-13,25,28,30,32-33,37H,8-9,14-24,26H2,1H3,(H-,42,45,46)/p+1/t30?,32-,33+,37-,41+,43?/m0/s1. The predicted molar refractivity (Wildman–Crippen MR) is 184 cm³/mol. The van der Waals surface area contributed by atoms with Crippen LogP contribution in [-0.2, 0) is 23.1 Å². The zero-order valence-electron chi connectivity index (χ0n) is 28.2. The number of carbonyl (C=O) groups excluding carboxylic acids is 2. The fourth-order valence-electron chi connectivity index (χ4n) is 10.1. The van der Waals surface area contributed by atoms with E-state index in [1.165, 1.54) is 24.0 Å². The minimum absolute atomic E-state index is 0.0862. The summed E-state index contributed by atoms with van der Waals surface area (Å²) in [6.45, 7) is 1.82. The zero-order valence-corrected chi connectivity index (χ0v) is 28.2. The second kappa shape index (κ2) is 12.6. The first-order valence-corrected chi connectivity index (χ1v) is 18.3. The molecular weight excluding hydrogens is 600 g/mol. The fraction of sp³-hybridized carbons (Fsp3) is 0.512. The molecule has 1 saturated heterocycles. The van der Waals surface area contributed by atoms with Gasteiger partial charge in [-0.1, -0.05) is 60.7 Å². The third-order valence-electron chi connectivity index (χ3n) is 12.6. The first-order valence-electron chi connectivity index (χ1n) is 18.3. The summed E-state index contributed by atoms with van der Waals surface area (Å²) in [5.74, 6) is 2.84. The van der Waals surface area contributed by atoms with Crippen molar-refractivity contribution in [3.63, 3.8) is 0 Å². The number of aryl methyl sites for hydroxylation is 1. The number of phenolic OH excluding ortho intramolecular Hbond substituents is 1. The Bertz CT molecular complexity index is 1670. The van der Waals surface area contributed by atoms with Gasteiger partial charge in [0.2, 0.25) is 0 Å². The van der Waals surface area contributed by atoms with Gasteiger partial charge in [-0.05, 0) is 63.4 Å². The van der Waals surface area contributed by atoms with E-state index in [2.05, 4.69) is 29.7 Å². The Labute approximate surface area is 284 Å². The number of ketones is 1. The highest BCUT2D eigenvalue weighted by atomic mass is 16.5. The number of amides is 1. The number of ether oxygens (including phenoxy) is 2. The van der Waals surface area contributed by atoms with Gasteiger partial charge in [0.1, 0.15) is 31.0 Å². The Morgan fingerprint density at radius 2 is 1.81 bits per heavy atom. The molecule has 7 heteroatoms. The average Bonchev–Trinajstić information content (AvgIpc) is 3.86. The van der Waals surface area contributed by atoms with Crippen LogP contribution in [0.3, 0.4) is 0 Å². The molecule has 3 aliphatic carbocycles. The molecule has 8 rings (SSSR count). The number of nitrogens with zero attached hydrogens (tertiary/aromatic N) is 1. The van der Waals surface area contributed by atoms with E-state index in [-0.39, 0.29) is 35.2 Å². The van der Waals surface area contributed by atoms with E-state index in [4.69, 9.17) is 9.47 Å². The van der Waals surface area contributed by atoms with Gasteiger partial charge in [0.25, 0.3) is 5.91 Å². The summed E-state index contributed by atoms with van der Waals surface area (Å²) in [5, 5.41) is 11.4. The van der Waals surface area contributed by atoms with Crippen molar-refractivity contribution in [1.82, 2.24) is 5.43 Å². The van der Waals surface area contributed by atoms with Gasteiger partial charge < -0.3 is 14.6 Å². The number of quaternary nitrogens is 1. The van der Waals surface area contributed by atoms with Crippen LogP contribution >= 0.6 is 0 Å². The lowest BCUT2D eigenvalue weighted by Crippen LogP contribution is -2.77. The van der Waals surface area contributed by atoms with Crippen molar-refractivity contribution in [2.45, 2.75) is 94.6 Å². The van der Waals surface area contributed by atoms with Crippen molar-refractivity contribution in [2.24, 2.45) is 17.8 Å². The number of hydrogen-bond acceptors (Lipinski definition) is 5. The number of Topliss-reactive ketones (excluding diaryl/α,β-unsaturated/α-hetero) is 1. The smallest absolute Gasteiger partial charge is 0.268 e. The van der Waals surface area contributed by atoms with Crippen LogP contribution < -0.4 is 14.9 Å². The quantitative estimate of drug-likeness (QED) is 0.153. The van der Waals surface area contributed by atoms with Crippen LogP contribution in [0.2, 0.25) is 0 Å². The van der Waals surface area contributed by atoms with Gasteiger partial charge in [-0.3, -0.25) is 9.59 Å². The number of phenols is 1. The zero-order chi connectivity index (χ0) is 32.9. The minimum Gasteiger partial charge on any atom is -0.508 e. The van der Waals surface area contributed by atoms with Gasteiger partial charge in [-0.2, -0.15) is 0 Å². The Balaban J connectivity index is 1.08. The monoisotopic (exact) mass is 649 g/mol. The number of methoxy groups -OCH3 is 1. The number of carbonyl (C=O) groups is 2. The number of nitrogens with one attached hydrogen (secondary N) is 1. The van der Waals surface area contributed by atoms with E-state index in [9.17, 15) is 14.7 Å². The Kier molecular flexibility index (Phi) is 8.22. The van der Waals surface area contributed by atoms with Crippen molar-refractivity contribution in [1.29, 1.82) is 0 Å². The largest absolute Gasteiger partial charge is 0.508 e. The summed E-state index contributed by atoms with van der Waals surface area (Å²) < 4.78 is 13.1. The summed E-state index contributed by atoms with van der Waals surface area (Å²) in [7, 11) is 1.66. The maximum atomic E-state index is 14.7. The Hall–Kier alpha value is -3.84. The van der Waals surface area contributed by atoms with Crippen LogP contribution in [0.15, 0.2) is 66.7 Å². The van der Waals surface area contributed by atoms with Crippen LogP contribution in [0.4, 0.5) is 0 Å². The van der Waals surface area contributed by atoms with Crippen molar-refractivity contribution < 1.29 is 28.8 Å². The molecule has 0 radical (unpaired) electrons. The lowest BCUT2D eigenvalue weighted by Gasteiger charge is -2.61. The predicted octanol–water partition coefficient (Wildman–Crippen LogP) is 7.09. The molecule has 5 aliphatic rings. The van der Waals surface area contributed by atoms with Crippen molar-refractivity contribution >= 4 is 11.7 Å². The second-order valence-corrected chi connectivity index (χ2v) is 15.2. The lowest BCUT2D eigenvalue weighted by molar-refractivity contribution is -0.995. The van der Waals surface area contributed by atoms with Crippen molar-refractivity contribution in [3.05, 3.63) is 89.0 Å². The topological polar surface area (TPSA) is 84.9 Å². The molecule has 3 aromatic carbocycles. The van der Waals surface area contributed by atoms with E-state index in [1.807, 2.05) is 36.4 Å². The number of rotatable bonds is 13. The van der Waals surface area contributed by atoms with Crippen LogP contribution in [-0.4, -0.2) is 53.7 Å². The Morgan fingerprint density at radius 1 is 1.04 bits per heavy atom. The van der Waals surface area contributed by atoms with Gasteiger partial charge in [0.15, 0.2) is 17.3 Å². The molecule has 6 atom stereocenters. The summed E-state index contributed by atoms with van der Waals surface area (Å²) in [4.78, 5) is 27.7. The summed E-state index contributed by atoms with van der Waals surface area (Å²) in [6, 6.07) is 21.8. The molecule has 3 aromatic rings. The minimum atomic E-state index is -0.187. The van der Waals surface area contributed by atoms with E-state index in [0.717, 1.165) is 74.9 Å². The summed E-state index contributed by atoms with van der Waals surface area (Å²) in [5.41, 5.74) is 7.80. The molecule has 3 fully saturated rings. The maximum absolute atomic E-state index is 14.7. The number of aromatic hydroxyl groups is 1. The van der Waals surface area contributed by atoms with Crippen molar-refractivity contribution in [2.75, 3.05) is 20.2 Å². The van der Waals surface area contributed by atoms with Crippen LogP contribution in [0, 0.1) is 17.8 Å². The normalized spacial score (nSPS) is 28.6. The van der Waals surface area contributed by atoms with E-state index < -0.39 is 0 Å². The molecule has 2 unspecified atom stereocenters. The molecule has 7 nitrogen and oxygen atoms in total. The number of piperidine rings is 1. The van der Waals surface area contributed by atoms with Gasteiger partial charge in [0, 0.05) is 59.8 Å². The first kappa shape index (κ1) is 31.4. The summed E-state index contributed by atoms with van der Waals surface area (Å²) in [6.07, 6.45) is 10.8. The fourth-order valence-corrected chi connectivity index (χ4v) is 10.1. The van der Waals surface area contributed by atoms with Crippen LogP contribution in [0.25, 0.3) is 0 Å². The SMILES string of the molecule is COc1cc(O)c2c3c1O[C@H]1CCC[C@H]4[C@@H](C2)[N+](CC2CC2)(NC(=O)C(CCCC(=O)c2ccccc2)CCc2ccccc2)CC[C@]314. The van der Waals surface area contributed by atoms with E-state index in [0.29, 0.717) is 47.2 Å². The molecular formula is C41H49N2O5+. The molecule has 2 saturated carbocycles. The molecule has 252 valence electrons. The van der Waals surface area contributed by atoms with Gasteiger partial charge in [-0.25, -0.2) is 10.0 Å². The Morgan fingerprint density at radius 3 is 2.56 bits per heavy atom. The number of hydrogen-bond donors (Lipinski definition) is 2. The molecule has 2 heterocycles. The number of likely N-dealkylation sites (tertiary alicyclic amines) is 1. The first-order chi connectivity index (χ1) is 23.4. The molecule has 48 heavy (non-hydrogen) atoms. The van der Waals surface area contributed by atoms with E-state index >= 15 is 0 Å². The molecule has 2 aliphatic heterocycles. The van der Waals surface area contributed by atoms with Gasteiger partial charge in [0.05, 0.1) is 12.5 Å². The maximum Gasteiger partial charge on any atom is 0.268 e. The highest BCUT2D eigenvalue weighted by Crippen LogP contribution is 2.66. The van der Waals surface area contributed by atoms with Crippen LogP contribution in [0.5, 0.6) is 17.2 Å². The highest BCUT2D eigenvalue weighted by Gasteiger charge is 2.69. The van der Waals surface area contributed by atoms with Crippen molar-refractivity contribution in [3.8, 4) is 17.2 Å². The molecule has 2 N–H and O–H groups in total. The summed E-state index contributed by atoms with van der Waals surface area (Å²) >= 11 is 0. The molecule has 1 amide bonds. The second-order valence-electron chi connectivity index (χ2n) is 15.2. The van der Waals surface area contributed by atoms with Crippen LogP contribution in [0.1, 0.15) is 91.3 Å². The third kappa shape index (κ3) is 5.39. The molecule has 2 bridgehead atoms. The van der Waals surface area contributed by atoms with Gasteiger partial charge >= 0.3 is 0 Å². The molecule has 0 aromatic heterocycles.